The third-order valence-electron chi connectivity index (χ3n) is 5.67. The van der Waals surface area contributed by atoms with Gasteiger partial charge in [0.15, 0.2) is 10.8 Å². The van der Waals surface area contributed by atoms with Crippen molar-refractivity contribution in [3.8, 4) is 0 Å². The number of ketones is 2. The van der Waals surface area contributed by atoms with Gasteiger partial charge in [-0.1, -0.05) is 50.9 Å². The maximum atomic E-state index is 13.5. The van der Waals surface area contributed by atoms with Crippen LogP contribution in [0.1, 0.15) is 73.3 Å². The van der Waals surface area contributed by atoms with E-state index < -0.39 is 44.8 Å². The Morgan fingerprint density at radius 2 is 1.70 bits per heavy atom. The number of carbonyl (C=O) groups is 3. The summed E-state index contributed by atoms with van der Waals surface area (Å²) in [7, 11) is 0. The summed E-state index contributed by atoms with van der Waals surface area (Å²) in [6, 6.07) is 4.09. The number of anilines is 1. The summed E-state index contributed by atoms with van der Waals surface area (Å²) in [5.41, 5.74) is -2.73. The molecule has 1 aliphatic rings. The van der Waals surface area contributed by atoms with Crippen LogP contribution in [0.2, 0.25) is 0 Å². The third kappa shape index (κ3) is 6.25. The van der Waals surface area contributed by atoms with Gasteiger partial charge in [-0.05, 0) is 30.2 Å². The van der Waals surface area contributed by atoms with Gasteiger partial charge in [0.2, 0.25) is 11.7 Å². The summed E-state index contributed by atoms with van der Waals surface area (Å²) in [6.45, 7) is 3.08. The van der Waals surface area contributed by atoms with Crippen LogP contribution in [0, 0.1) is 17.2 Å². The van der Waals surface area contributed by atoms with E-state index in [0.29, 0.717) is 23.7 Å². The van der Waals surface area contributed by atoms with Crippen LogP contribution in [0.5, 0.6) is 0 Å². The largest absolute Gasteiger partial charge is 0.435 e. The molecule has 3 rings (SSSR count). The highest BCUT2D eigenvalue weighted by Gasteiger charge is 2.41. The highest BCUT2D eigenvalue weighted by molar-refractivity contribution is 7.18. The summed E-state index contributed by atoms with van der Waals surface area (Å²) in [4.78, 5) is 40.5. The number of carbonyl (C=O) groups excluding carboxylic acids is 3. The first-order valence-electron chi connectivity index (χ1n) is 10.6. The SMILES string of the molecule is CC(C)(CC(=O)CC1CCCC1)C(=O)Nc1nc(C(F)(F)F)c(C(=O)c2ccc(F)cc2)s1. The summed E-state index contributed by atoms with van der Waals surface area (Å²) in [6.07, 6.45) is -0.433. The predicted molar refractivity (Wildman–Crippen MR) is 116 cm³/mol. The van der Waals surface area contributed by atoms with E-state index in [1.165, 1.54) is 13.8 Å². The highest BCUT2D eigenvalue weighted by Crippen LogP contribution is 2.38. The zero-order valence-corrected chi connectivity index (χ0v) is 19.0. The fourth-order valence-electron chi connectivity index (χ4n) is 3.90. The second-order valence-electron chi connectivity index (χ2n) is 8.94. The van der Waals surface area contributed by atoms with Gasteiger partial charge in [0.25, 0.3) is 0 Å². The molecule has 0 aliphatic heterocycles. The third-order valence-corrected chi connectivity index (χ3v) is 6.64. The minimum Gasteiger partial charge on any atom is -0.301 e. The van der Waals surface area contributed by atoms with E-state index in [1.54, 1.807) is 0 Å². The molecule has 33 heavy (non-hydrogen) atoms. The van der Waals surface area contributed by atoms with Crippen molar-refractivity contribution >= 4 is 33.9 Å². The Morgan fingerprint density at radius 1 is 1.09 bits per heavy atom. The van der Waals surface area contributed by atoms with Gasteiger partial charge in [-0.2, -0.15) is 13.2 Å². The Morgan fingerprint density at radius 3 is 2.27 bits per heavy atom. The quantitative estimate of drug-likeness (QED) is 0.366. The van der Waals surface area contributed by atoms with Crippen molar-refractivity contribution in [2.45, 2.75) is 58.5 Å². The first-order chi connectivity index (χ1) is 15.4. The van der Waals surface area contributed by atoms with E-state index in [-0.39, 0.29) is 17.8 Å². The molecule has 1 aromatic heterocycles. The average Bonchev–Trinajstić information content (AvgIpc) is 3.37. The number of alkyl halides is 3. The molecule has 1 heterocycles. The van der Waals surface area contributed by atoms with Gasteiger partial charge in [0.05, 0.1) is 5.41 Å². The molecule has 178 valence electrons. The second kappa shape index (κ2) is 9.70. The number of nitrogens with zero attached hydrogens (tertiary/aromatic N) is 1. The summed E-state index contributed by atoms with van der Waals surface area (Å²) in [5.74, 6) is -2.02. The molecule has 0 saturated heterocycles. The maximum absolute atomic E-state index is 13.5. The van der Waals surface area contributed by atoms with Crippen molar-refractivity contribution in [1.29, 1.82) is 0 Å². The Bertz CT molecular complexity index is 1040. The number of amides is 1. The molecule has 2 aromatic rings. The number of hydrogen-bond donors (Lipinski definition) is 1. The number of aromatic nitrogens is 1. The van der Waals surface area contributed by atoms with E-state index in [4.69, 9.17) is 0 Å². The van der Waals surface area contributed by atoms with Gasteiger partial charge < -0.3 is 5.32 Å². The lowest BCUT2D eigenvalue weighted by Crippen LogP contribution is -2.33. The van der Waals surface area contributed by atoms with Crippen LogP contribution in [0.4, 0.5) is 22.7 Å². The average molecular weight is 485 g/mol. The molecule has 0 unspecified atom stereocenters. The number of Topliss-reactive ketones (excluding diaryl/α,β-unsaturated/α-hetero) is 1. The lowest BCUT2D eigenvalue weighted by Gasteiger charge is -2.22. The molecule has 0 spiro atoms. The summed E-state index contributed by atoms with van der Waals surface area (Å²) >= 11 is 0.392. The van der Waals surface area contributed by atoms with Crippen molar-refractivity contribution in [3.05, 3.63) is 46.2 Å². The Balaban J connectivity index is 1.77. The predicted octanol–water partition coefficient (Wildman–Crippen LogP) is 6.04. The molecule has 1 saturated carbocycles. The van der Waals surface area contributed by atoms with Crippen LogP contribution in [0.3, 0.4) is 0 Å². The molecular formula is C23H24F4N2O3S. The first-order valence-corrected chi connectivity index (χ1v) is 11.4. The summed E-state index contributed by atoms with van der Waals surface area (Å²) in [5, 5.41) is 1.94. The highest BCUT2D eigenvalue weighted by atomic mass is 32.1. The van der Waals surface area contributed by atoms with Crippen LogP contribution in [-0.4, -0.2) is 22.5 Å². The van der Waals surface area contributed by atoms with Crippen LogP contribution >= 0.6 is 11.3 Å². The smallest absolute Gasteiger partial charge is 0.301 e. The van der Waals surface area contributed by atoms with E-state index >= 15 is 0 Å². The van der Waals surface area contributed by atoms with Crippen LogP contribution in [0.15, 0.2) is 24.3 Å². The molecule has 0 bridgehead atoms. The zero-order chi connectivity index (χ0) is 24.4. The maximum Gasteiger partial charge on any atom is 0.435 e. The first kappa shape index (κ1) is 25.0. The van der Waals surface area contributed by atoms with Crippen molar-refractivity contribution in [3.63, 3.8) is 0 Å². The molecule has 1 amide bonds. The van der Waals surface area contributed by atoms with E-state index in [1.807, 2.05) is 0 Å². The Hall–Kier alpha value is -2.62. The number of nitrogens with one attached hydrogen (secondary N) is 1. The molecular weight excluding hydrogens is 460 g/mol. The molecule has 1 fully saturated rings. The topological polar surface area (TPSA) is 76.1 Å². The van der Waals surface area contributed by atoms with E-state index in [9.17, 15) is 31.9 Å². The van der Waals surface area contributed by atoms with Crippen LogP contribution in [0.25, 0.3) is 0 Å². The van der Waals surface area contributed by atoms with Crippen LogP contribution < -0.4 is 5.32 Å². The standard InChI is InChI=1S/C23H24F4N2O3S/c1-22(2,12-16(30)11-13-5-3-4-6-13)20(32)29-21-28-19(23(25,26)27)18(33-21)17(31)14-7-9-15(24)10-8-14/h7-10,13H,3-6,11-12H2,1-2H3,(H,28,29,32). The number of thiazole rings is 1. The normalized spacial score (nSPS) is 15.0. The Kier molecular flexibility index (Phi) is 7.36. The number of halogens is 4. The summed E-state index contributed by atoms with van der Waals surface area (Å²) < 4.78 is 53.7. The van der Waals surface area contributed by atoms with Crippen molar-refractivity contribution in [2.75, 3.05) is 5.32 Å². The molecule has 10 heteroatoms. The monoisotopic (exact) mass is 484 g/mol. The minimum atomic E-state index is -4.93. The van der Waals surface area contributed by atoms with Crippen molar-refractivity contribution in [2.24, 2.45) is 11.3 Å². The number of rotatable bonds is 8. The molecule has 5 nitrogen and oxygen atoms in total. The lowest BCUT2D eigenvalue weighted by molar-refractivity contribution is -0.141. The van der Waals surface area contributed by atoms with Gasteiger partial charge >= 0.3 is 6.18 Å². The van der Waals surface area contributed by atoms with Gasteiger partial charge in [-0.25, -0.2) is 9.37 Å². The molecule has 1 N–H and O–H groups in total. The fourth-order valence-corrected chi connectivity index (χ4v) is 4.84. The molecule has 0 radical (unpaired) electrons. The fraction of sp³-hybridized carbons (Fsp3) is 0.478. The second-order valence-corrected chi connectivity index (χ2v) is 9.94. The number of hydrogen-bond acceptors (Lipinski definition) is 5. The van der Waals surface area contributed by atoms with Gasteiger partial charge in [0.1, 0.15) is 16.5 Å². The minimum absolute atomic E-state index is 0.0474. The number of benzene rings is 1. The molecule has 0 atom stereocenters. The lowest BCUT2D eigenvalue weighted by atomic mass is 9.84. The van der Waals surface area contributed by atoms with E-state index in [2.05, 4.69) is 10.3 Å². The van der Waals surface area contributed by atoms with Crippen LogP contribution in [-0.2, 0) is 15.8 Å². The molecule has 1 aromatic carbocycles. The van der Waals surface area contributed by atoms with Gasteiger partial charge in [-0.15, -0.1) is 0 Å². The molecule has 1 aliphatic carbocycles. The van der Waals surface area contributed by atoms with Crippen molar-refractivity contribution in [1.82, 2.24) is 4.98 Å². The zero-order valence-electron chi connectivity index (χ0n) is 18.2. The Labute approximate surface area is 192 Å². The van der Waals surface area contributed by atoms with E-state index in [0.717, 1.165) is 49.9 Å². The van der Waals surface area contributed by atoms with Gasteiger partial charge in [-0.3, -0.25) is 14.4 Å². The van der Waals surface area contributed by atoms with Gasteiger partial charge in [0, 0.05) is 18.4 Å². The van der Waals surface area contributed by atoms with Crippen molar-refractivity contribution < 1.29 is 31.9 Å².